The molecule has 1 rings (SSSR count). The molecule has 1 aromatic rings. The third-order valence-corrected chi connectivity index (χ3v) is 2.35. The molecule has 0 saturated heterocycles. The quantitative estimate of drug-likeness (QED) is 0.499. The lowest BCUT2D eigenvalue weighted by Crippen LogP contribution is -2.24. The Labute approximate surface area is 100 Å². The molecule has 0 aliphatic heterocycles. The lowest BCUT2D eigenvalue weighted by Gasteiger charge is -1.98. The number of thiocarbonyl (C=S) groups is 1. The first-order valence-corrected chi connectivity index (χ1v) is 5.21. The van der Waals surface area contributed by atoms with Gasteiger partial charge in [0, 0.05) is 15.1 Å². The molecule has 0 aliphatic rings. The van der Waals surface area contributed by atoms with Gasteiger partial charge in [-0.1, -0.05) is 33.6 Å². The summed E-state index contributed by atoms with van der Waals surface area (Å²) in [6, 6.07) is 5.38. The van der Waals surface area contributed by atoms with E-state index < -0.39 is 0 Å². The fraction of sp³-hybridized carbons (Fsp3) is 0. The maximum Gasteiger partial charge on any atom is 0.184 e. The molecule has 0 fully saturated rings. The van der Waals surface area contributed by atoms with E-state index in [0.717, 1.165) is 10.0 Å². The molecule has 0 radical (unpaired) electrons. The average Bonchev–Trinajstić information content (AvgIpc) is 2.08. The van der Waals surface area contributed by atoms with Gasteiger partial charge in [0.1, 0.15) is 0 Å². The van der Waals surface area contributed by atoms with Gasteiger partial charge in [-0.15, -0.1) is 0 Å². The van der Waals surface area contributed by atoms with E-state index in [1.165, 1.54) is 0 Å². The van der Waals surface area contributed by atoms with Crippen LogP contribution in [0.2, 0.25) is 5.02 Å². The molecule has 3 N–H and O–H groups in total. The van der Waals surface area contributed by atoms with Gasteiger partial charge in [-0.3, -0.25) is 5.43 Å². The molecule has 6 heteroatoms. The zero-order valence-electron chi connectivity index (χ0n) is 7.00. The number of nitrogens with two attached hydrogens (primary N) is 1. The van der Waals surface area contributed by atoms with E-state index in [0.29, 0.717) is 5.02 Å². The maximum absolute atomic E-state index is 5.77. The zero-order valence-corrected chi connectivity index (χ0v) is 10.2. The fourth-order valence-corrected chi connectivity index (χ4v) is 1.61. The third-order valence-electron chi connectivity index (χ3n) is 1.34. The molecule has 0 atom stereocenters. The molecule has 14 heavy (non-hydrogen) atoms. The summed E-state index contributed by atoms with van der Waals surface area (Å²) in [6.07, 6.45) is 1.60. The number of benzene rings is 1. The van der Waals surface area contributed by atoms with Gasteiger partial charge in [-0.05, 0) is 24.4 Å². The van der Waals surface area contributed by atoms with E-state index >= 15 is 0 Å². The van der Waals surface area contributed by atoms with Crippen LogP contribution in [0.15, 0.2) is 27.8 Å². The zero-order chi connectivity index (χ0) is 10.6. The topological polar surface area (TPSA) is 50.4 Å². The van der Waals surface area contributed by atoms with Gasteiger partial charge < -0.3 is 5.73 Å². The van der Waals surface area contributed by atoms with Crippen molar-refractivity contribution in [3.63, 3.8) is 0 Å². The molecular weight excluding hydrogens is 286 g/mol. The number of halogens is 2. The lowest BCUT2D eigenvalue weighted by atomic mass is 10.2. The van der Waals surface area contributed by atoms with Crippen LogP contribution in [0.25, 0.3) is 0 Å². The highest BCUT2D eigenvalue weighted by Crippen LogP contribution is 2.19. The summed E-state index contributed by atoms with van der Waals surface area (Å²) >= 11 is 13.7. The minimum Gasteiger partial charge on any atom is -0.375 e. The number of rotatable bonds is 2. The largest absolute Gasteiger partial charge is 0.375 e. The number of hydrogen-bond acceptors (Lipinski definition) is 2. The van der Waals surface area contributed by atoms with Crippen molar-refractivity contribution in [1.29, 1.82) is 0 Å². The standard InChI is InChI=1S/C8H7BrClN3S/c9-7-3-6(10)2-1-5(7)4-12-13-8(11)14/h1-4H,(H3,11,13,14). The van der Waals surface area contributed by atoms with Crippen molar-refractivity contribution in [1.82, 2.24) is 5.43 Å². The SMILES string of the molecule is NC(=S)NN=Cc1ccc(Cl)cc1Br. The van der Waals surface area contributed by atoms with Gasteiger partial charge in [0.05, 0.1) is 6.21 Å². The van der Waals surface area contributed by atoms with Crippen LogP contribution in [0.1, 0.15) is 5.56 Å². The van der Waals surface area contributed by atoms with Crippen molar-refractivity contribution in [2.24, 2.45) is 10.8 Å². The second-order valence-corrected chi connectivity index (χ2v) is 4.13. The van der Waals surface area contributed by atoms with Crippen molar-refractivity contribution >= 4 is 51.1 Å². The molecule has 0 aromatic heterocycles. The number of nitrogens with one attached hydrogen (secondary N) is 1. The predicted octanol–water partition coefficient (Wildman–Crippen LogP) is 2.27. The van der Waals surface area contributed by atoms with Gasteiger partial charge in [0.25, 0.3) is 0 Å². The van der Waals surface area contributed by atoms with Crippen LogP contribution in [-0.2, 0) is 0 Å². The number of nitrogens with zero attached hydrogens (tertiary/aromatic N) is 1. The minimum atomic E-state index is 0.131. The van der Waals surface area contributed by atoms with Crippen molar-refractivity contribution in [2.75, 3.05) is 0 Å². The summed E-state index contributed by atoms with van der Waals surface area (Å²) in [5, 5.41) is 4.61. The number of hydrogen-bond donors (Lipinski definition) is 2. The molecular formula is C8H7BrClN3S. The van der Waals surface area contributed by atoms with Crippen LogP contribution in [-0.4, -0.2) is 11.3 Å². The normalized spacial score (nSPS) is 10.4. The molecule has 0 bridgehead atoms. The summed E-state index contributed by atoms with van der Waals surface area (Å²) in [5.74, 6) is 0. The Morgan fingerprint density at radius 3 is 2.93 bits per heavy atom. The van der Waals surface area contributed by atoms with Crippen LogP contribution in [0.4, 0.5) is 0 Å². The van der Waals surface area contributed by atoms with Crippen molar-refractivity contribution in [2.45, 2.75) is 0 Å². The molecule has 0 amide bonds. The van der Waals surface area contributed by atoms with Crippen LogP contribution in [0, 0.1) is 0 Å². The van der Waals surface area contributed by atoms with Gasteiger partial charge in [-0.25, -0.2) is 0 Å². The Balaban J connectivity index is 2.76. The minimum absolute atomic E-state index is 0.131. The van der Waals surface area contributed by atoms with Crippen molar-refractivity contribution in [3.8, 4) is 0 Å². The summed E-state index contributed by atoms with van der Waals surface area (Å²) < 4.78 is 0.860. The predicted molar refractivity (Wildman–Crippen MR) is 66.7 cm³/mol. The Bertz CT molecular complexity index is 381. The van der Waals surface area contributed by atoms with E-state index in [1.54, 1.807) is 18.3 Å². The molecule has 0 unspecified atom stereocenters. The molecule has 0 spiro atoms. The summed E-state index contributed by atoms with van der Waals surface area (Å²) in [6.45, 7) is 0. The summed E-state index contributed by atoms with van der Waals surface area (Å²) in [7, 11) is 0. The fourth-order valence-electron chi connectivity index (χ4n) is 0.772. The highest BCUT2D eigenvalue weighted by molar-refractivity contribution is 9.10. The van der Waals surface area contributed by atoms with Crippen LogP contribution in [0.5, 0.6) is 0 Å². The summed E-state index contributed by atoms with van der Waals surface area (Å²) in [5.41, 5.74) is 8.54. The molecule has 0 heterocycles. The maximum atomic E-state index is 5.77. The van der Waals surface area contributed by atoms with E-state index in [-0.39, 0.29) is 5.11 Å². The van der Waals surface area contributed by atoms with Gasteiger partial charge in [0.2, 0.25) is 0 Å². The monoisotopic (exact) mass is 291 g/mol. The highest BCUT2D eigenvalue weighted by atomic mass is 79.9. The first-order chi connectivity index (χ1) is 6.59. The van der Waals surface area contributed by atoms with Gasteiger partial charge in [0.15, 0.2) is 5.11 Å². The van der Waals surface area contributed by atoms with E-state index in [2.05, 4.69) is 38.7 Å². The third kappa shape index (κ3) is 3.61. The van der Waals surface area contributed by atoms with Crippen LogP contribution < -0.4 is 11.2 Å². The molecule has 1 aromatic carbocycles. The van der Waals surface area contributed by atoms with E-state index in [9.17, 15) is 0 Å². The van der Waals surface area contributed by atoms with Crippen molar-refractivity contribution < 1.29 is 0 Å². The van der Waals surface area contributed by atoms with E-state index in [1.807, 2.05) is 6.07 Å². The highest BCUT2D eigenvalue weighted by Gasteiger charge is 1.96. The molecule has 74 valence electrons. The van der Waals surface area contributed by atoms with E-state index in [4.69, 9.17) is 17.3 Å². The lowest BCUT2D eigenvalue weighted by molar-refractivity contribution is 1.04. The second kappa shape index (κ2) is 5.29. The summed E-state index contributed by atoms with van der Waals surface area (Å²) in [4.78, 5) is 0. The Kier molecular flexibility index (Phi) is 4.31. The molecule has 0 aliphatic carbocycles. The second-order valence-electron chi connectivity index (χ2n) is 2.40. The Morgan fingerprint density at radius 1 is 1.64 bits per heavy atom. The van der Waals surface area contributed by atoms with Gasteiger partial charge in [-0.2, -0.15) is 5.10 Å². The average molecular weight is 293 g/mol. The van der Waals surface area contributed by atoms with Crippen LogP contribution in [0.3, 0.4) is 0 Å². The first-order valence-electron chi connectivity index (χ1n) is 3.63. The van der Waals surface area contributed by atoms with Crippen molar-refractivity contribution in [3.05, 3.63) is 33.3 Å². The van der Waals surface area contributed by atoms with Crippen LogP contribution >= 0.6 is 39.7 Å². The Morgan fingerprint density at radius 2 is 2.36 bits per heavy atom. The number of hydrazone groups is 1. The molecule has 3 nitrogen and oxygen atoms in total. The smallest absolute Gasteiger partial charge is 0.184 e. The Hall–Kier alpha value is -0.650. The van der Waals surface area contributed by atoms with Gasteiger partial charge >= 0.3 is 0 Å². The first kappa shape index (κ1) is 11.4. The molecule has 0 saturated carbocycles.